The number of methoxy groups -OCH3 is 1. The molecule has 1 aliphatic carbocycles. The van der Waals surface area contributed by atoms with Crippen LogP contribution in [0, 0.1) is 5.82 Å². The summed E-state index contributed by atoms with van der Waals surface area (Å²) in [6.45, 7) is 0.674. The molecule has 4 rings (SSSR count). The maximum atomic E-state index is 13.0. The van der Waals surface area contributed by atoms with Gasteiger partial charge in [-0.3, -0.25) is 9.59 Å². The van der Waals surface area contributed by atoms with E-state index in [1.807, 2.05) is 4.90 Å². The first kappa shape index (κ1) is 18.4. The smallest absolute Gasteiger partial charge is 0.256 e. The Bertz CT molecular complexity index is 908. The molecule has 146 valence electrons. The number of benzene rings is 1. The molecule has 6 nitrogen and oxygen atoms in total. The number of nitrogens with one attached hydrogen (secondary N) is 1. The highest BCUT2D eigenvalue weighted by Gasteiger charge is 2.35. The van der Waals surface area contributed by atoms with Gasteiger partial charge in [0, 0.05) is 23.7 Å². The zero-order valence-corrected chi connectivity index (χ0v) is 15.7. The van der Waals surface area contributed by atoms with Crippen LogP contribution in [0.15, 0.2) is 30.3 Å². The monoisotopic (exact) mass is 383 g/mol. The van der Waals surface area contributed by atoms with Gasteiger partial charge >= 0.3 is 0 Å². The molecular formula is C21H22FN3O3. The molecule has 1 aliphatic heterocycles. The SMILES string of the molecule is COc1nc2c(cc1CNC(=O)c1ccc(F)cc1)C(=O)N(C1CCCC1)C2. The van der Waals surface area contributed by atoms with Gasteiger partial charge in [-0.25, -0.2) is 9.37 Å². The van der Waals surface area contributed by atoms with E-state index >= 15 is 0 Å². The number of pyridine rings is 1. The van der Waals surface area contributed by atoms with Gasteiger partial charge in [0.1, 0.15) is 5.82 Å². The van der Waals surface area contributed by atoms with Crippen molar-refractivity contribution in [2.24, 2.45) is 0 Å². The van der Waals surface area contributed by atoms with Crippen LogP contribution < -0.4 is 10.1 Å². The molecule has 28 heavy (non-hydrogen) atoms. The lowest BCUT2D eigenvalue weighted by molar-refractivity contribution is 0.0706. The van der Waals surface area contributed by atoms with Crippen molar-refractivity contribution in [3.8, 4) is 5.88 Å². The molecule has 0 unspecified atom stereocenters. The van der Waals surface area contributed by atoms with Crippen molar-refractivity contribution in [3.05, 3.63) is 58.5 Å². The number of amides is 2. The largest absolute Gasteiger partial charge is 0.481 e. The summed E-state index contributed by atoms with van der Waals surface area (Å²) in [6, 6.07) is 7.38. The summed E-state index contributed by atoms with van der Waals surface area (Å²) in [5.74, 6) is -0.324. The summed E-state index contributed by atoms with van der Waals surface area (Å²) < 4.78 is 18.4. The van der Waals surface area contributed by atoms with Crippen molar-refractivity contribution < 1.29 is 18.7 Å². The topological polar surface area (TPSA) is 71.5 Å². The Labute approximate surface area is 162 Å². The number of hydrogen-bond donors (Lipinski definition) is 1. The van der Waals surface area contributed by atoms with Gasteiger partial charge in [-0.2, -0.15) is 0 Å². The van der Waals surface area contributed by atoms with Gasteiger partial charge in [-0.1, -0.05) is 12.8 Å². The number of halogens is 1. The van der Waals surface area contributed by atoms with Crippen LogP contribution in [0.5, 0.6) is 5.88 Å². The third kappa shape index (κ3) is 3.44. The maximum absolute atomic E-state index is 13.0. The summed E-state index contributed by atoms with van der Waals surface area (Å²) in [7, 11) is 1.52. The first-order valence-corrected chi connectivity index (χ1v) is 9.48. The van der Waals surface area contributed by atoms with E-state index in [2.05, 4.69) is 10.3 Å². The van der Waals surface area contributed by atoms with E-state index < -0.39 is 5.82 Å². The summed E-state index contributed by atoms with van der Waals surface area (Å²) in [6.07, 6.45) is 4.39. The highest BCUT2D eigenvalue weighted by molar-refractivity contribution is 5.98. The summed E-state index contributed by atoms with van der Waals surface area (Å²) in [4.78, 5) is 31.6. The molecule has 1 aromatic carbocycles. The van der Waals surface area contributed by atoms with E-state index in [0.29, 0.717) is 29.1 Å². The minimum atomic E-state index is -0.397. The minimum Gasteiger partial charge on any atom is -0.481 e. The normalized spacial score (nSPS) is 16.4. The van der Waals surface area contributed by atoms with Crippen LogP contribution >= 0.6 is 0 Å². The van der Waals surface area contributed by atoms with Crippen LogP contribution in [0.2, 0.25) is 0 Å². The van der Waals surface area contributed by atoms with Crippen molar-refractivity contribution >= 4 is 11.8 Å². The fourth-order valence-electron chi connectivity index (χ4n) is 3.96. The zero-order chi connectivity index (χ0) is 19.7. The fourth-order valence-corrected chi connectivity index (χ4v) is 3.96. The molecule has 0 atom stereocenters. The first-order chi connectivity index (χ1) is 13.6. The van der Waals surface area contributed by atoms with Gasteiger partial charge < -0.3 is 15.0 Å². The lowest BCUT2D eigenvalue weighted by Crippen LogP contribution is -2.33. The Balaban J connectivity index is 1.51. The quantitative estimate of drug-likeness (QED) is 0.861. The van der Waals surface area contributed by atoms with Crippen molar-refractivity contribution in [3.63, 3.8) is 0 Å². The molecule has 2 aromatic rings. The second-order valence-corrected chi connectivity index (χ2v) is 7.21. The number of ether oxygens (including phenoxy) is 1. The highest BCUT2D eigenvalue weighted by Crippen LogP contribution is 2.33. The molecule has 1 fully saturated rings. The number of carbonyl (C=O) groups excluding carboxylic acids is 2. The second-order valence-electron chi connectivity index (χ2n) is 7.21. The average molecular weight is 383 g/mol. The molecular weight excluding hydrogens is 361 g/mol. The molecule has 0 saturated heterocycles. The molecule has 0 radical (unpaired) electrons. The van der Waals surface area contributed by atoms with E-state index in [-0.39, 0.29) is 24.4 Å². The average Bonchev–Trinajstić information content (AvgIpc) is 3.34. The predicted octanol–water partition coefficient (Wildman–Crippen LogP) is 3.06. The molecule has 0 spiro atoms. The van der Waals surface area contributed by atoms with E-state index in [0.717, 1.165) is 31.4 Å². The van der Waals surface area contributed by atoms with Crippen molar-refractivity contribution in [1.29, 1.82) is 0 Å². The van der Waals surface area contributed by atoms with E-state index in [1.54, 1.807) is 6.07 Å². The van der Waals surface area contributed by atoms with Gasteiger partial charge in [0.05, 0.1) is 24.9 Å². The fraction of sp³-hybridized carbons (Fsp3) is 0.381. The van der Waals surface area contributed by atoms with Crippen LogP contribution in [0.1, 0.15) is 57.7 Å². The number of aromatic nitrogens is 1. The van der Waals surface area contributed by atoms with Crippen LogP contribution in [0.4, 0.5) is 4.39 Å². The molecule has 1 saturated carbocycles. The zero-order valence-electron chi connectivity index (χ0n) is 15.7. The Morgan fingerprint density at radius 1 is 1.29 bits per heavy atom. The summed E-state index contributed by atoms with van der Waals surface area (Å²) in [5.41, 5.74) is 2.30. The molecule has 1 aromatic heterocycles. The second kappa shape index (κ2) is 7.58. The number of fused-ring (bicyclic) bond motifs is 1. The molecule has 0 bridgehead atoms. The van der Waals surface area contributed by atoms with Gasteiger partial charge in [0.2, 0.25) is 5.88 Å². The Kier molecular flexibility index (Phi) is 4.98. The molecule has 7 heteroatoms. The van der Waals surface area contributed by atoms with E-state index in [1.165, 1.54) is 31.4 Å². The standard InChI is InChI=1S/C21H22FN3O3/c1-28-20-14(11-23-19(26)13-6-8-15(22)9-7-13)10-17-18(24-20)12-25(21(17)27)16-4-2-3-5-16/h6-10,16H,2-5,11-12H2,1H3,(H,23,26). The molecule has 1 N–H and O–H groups in total. The Morgan fingerprint density at radius 2 is 2.00 bits per heavy atom. The first-order valence-electron chi connectivity index (χ1n) is 9.48. The van der Waals surface area contributed by atoms with Crippen LogP contribution in [-0.2, 0) is 13.1 Å². The van der Waals surface area contributed by atoms with Gasteiger partial charge in [-0.05, 0) is 43.2 Å². The number of rotatable bonds is 5. The van der Waals surface area contributed by atoms with Crippen LogP contribution in [-0.4, -0.2) is 34.8 Å². The van der Waals surface area contributed by atoms with Crippen LogP contribution in [0.3, 0.4) is 0 Å². The summed E-state index contributed by atoms with van der Waals surface area (Å²) in [5, 5.41) is 2.78. The van der Waals surface area contributed by atoms with Gasteiger partial charge in [0.25, 0.3) is 11.8 Å². The van der Waals surface area contributed by atoms with Crippen LogP contribution in [0.25, 0.3) is 0 Å². The third-order valence-corrected chi connectivity index (χ3v) is 5.46. The minimum absolute atomic E-state index is 0.00293. The number of carbonyl (C=O) groups is 2. The number of hydrogen-bond acceptors (Lipinski definition) is 4. The third-order valence-electron chi connectivity index (χ3n) is 5.46. The maximum Gasteiger partial charge on any atom is 0.256 e. The number of nitrogens with zero attached hydrogens (tertiary/aromatic N) is 2. The summed E-state index contributed by atoms with van der Waals surface area (Å²) >= 11 is 0. The lowest BCUT2D eigenvalue weighted by atomic mass is 10.1. The van der Waals surface area contributed by atoms with Crippen molar-refractivity contribution in [2.45, 2.75) is 44.8 Å². The Morgan fingerprint density at radius 3 is 2.68 bits per heavy atom. The molecule has 2 amide bonds. The van der Waals surface area contributed by atoms with E-state index in [9.17, 15) is 14.0 Å². The predicted molar refractivity (Wildman–Crippen MR) is 100 cm³/mol. The van der Waals surface area contributed by atoms with Crippen molar-refractivity contribution in [2.75, 3.05) is 7.11 Å². The lowest BCUT2D eigenvalue weighted by Gasteiger charge is -2.22. The Hall–Kier alpha value is -2.96. The van der Waals surface area contributed by atoms with Crippen molar-refractivity contribution in [1.82, 2.24) is 15.2 Å². The van der Waals surface area contributed by atoms with Gasteiger partial charge in [0.15, 0.2) is 0 Å². The van der Waals surface area contributed by atoms with E-state index in [4.69, 9.17) is 4.74 Å². The van der Waals surface area contributed by atoms with Gasteiger partial charge in [-0.15, -0.1) is 0 Å². The highest BCUT2D eigenvalue weighted by atomic mass is 19.1. The molecule has 2 aliphatic rings. The molecule has 2 heterocycles.